The summed E-state index contributed by atoms with van der Waals surface area (Å²) in [5.41, 5.74) is 1.15. The molecule has 1 nitrogen and oxygen atoms in total. The first kappa shape index (κ1) is 15.5. The van der Waals surface area contributed by atoms with E-state index in [0.717, 1.165) is 12.1 Å². The largest absolute Gasteiger partial charge is 0.310 e. The summed E-state index contributed by atoms with van der Waals surface area (Å²) < 4.78 is 12.8. The summed E-state index contributed by atoms with van der Waals surface area (Å²) in [5.74, 6) is 1.11. The zero-order chi connectivity index (χ0) is 13.2. The Kier molecular flexibility index (Phi) is 8.10. The minimum Gasteiger partial charge on any atom is -0.310 e. The maximum atomic E-state index is 12.8. The molecule has 3 heteroatoms. The van der Waals surface area contributed by atoms with E-state index in [-0.39, 0.29) is 5.82 Å². The number of thioether (sulfide) groups is 1. The first-order valence-electron chi connectivity index (χ1n) is 6.72. The molecule has 0 spiro atoms. The fourth-order valence-electron chi connectivity index (χ4n) is 1.91. The summed E-state index contributed by atoms with van der Waals surface area (Å²) >= 11 is 1.92. The summed E-state index contributed by atoms with van der Waals surface area (Å²) in [6.45, 7) is 3.17. The van der Waals surface area contributed by atoms with Gasteiger partial charge in [0.25, 0.3) is 0 Å². The molecule has 1 rings (SSSR count). The van der Waals surface area contributed by atoms with E-state index in [1.807, 2.05) is 23.9 Å². The molecule has 1 atom stereocenters. The van der Waals surface area contributed by atoms with Crippen molar-refractivity contribution in [1.82, 2.24) is 5.32 Å². The quantitative estimate of drug-likeness (QED) is 0.667. The number of unbranched alkanes of at least 4 members (excludes halogenated alkanes) is 3. The van der Waals surface area contributed by atoms with Crippen LogP contribution < -0.4 is 5.32 Å². The van der Waals surface area contributed by atoms with E-state index >= 15 is 0 Å². The van der Waals surface area contributed by atoms with Crippen LogP contribution in [0.1, 0.15) is 44.2 Å². The van der Waals surface area contributed by atoms with E-state index in [9.17, 15) is 4.39 Å². The predicted molar refractivity (Wildman–Crippen MR) is 79.7 cm³/mol. The van der Waals surface area contributed by atoms with Gasteiger partial charge >= 0.3 is 0 Å². The summed E-state index contributed by atoms with van der Waals surface area (Å²) in [7, 11) is 0. The molecular weight excluding hydrogens is 245 g/mol. The molecule has 0 amide bonds. The SMILES string of the molecule is CSCCCCCCNC(C)c1ccc(F)cc1. The highest BCUT2D eigenvalue weighted by molar-refractivity contribution is 7.98. The Morgan fingerprint density at radius 3 is 2.44 bits per heavy atom. The first-order chi connectivity index (χ1) is 8.74. The number of nitrogens with one attached hydrogen (secondary N) is 1. The van der Waals surface area contributed by atoms with E-state index in [4.69, 9.17) is 0 Å². The normalized spacial score (nSPS) is 12.6. The Morgan fingerprint density at radius 2 is 1.78 bits per heavy atom. The smallest absolute Gasteiger partial charge is 0.123 e. The molecule has 1 N–H and O–H groups in total. The third-order valence-electron chi connectivity index (χ3n) is 3.10. The van der Waals surface area contributed by atoms with Crippen molar-refractivity contribution >= 4 is 11.8 Å². The van der Waals surface area contributed by atoms with Crippen LogP contribution in [0.4, 0.5) is 4.39 Å². The van der Waals surface area contributed by atoms with Crippen LogP contribution in [-0.2, 0) is 0 Å². The molecule has 0 bridgehead atoms. The number of rotatable bonds is 9. The van der Waals surface area contributed by atoms with Gasteiger partial charge in [-0.15, -0.1) is 0 Å². The third kappa shape index (κ3) is 6.41. The molecule has 0 radical (unpaired) electrons. The second kappa shape index (κ2) is 9.40. The molecule has 0 aliphatic carbocycles. The van der Waals surface area contributed by atoms with Gasteiger partial charge in [0.15, 0.2) is 0 Å². The maximum absolute atomic E-state index is 12.8. The lowest BCUT2D eigenvalue weighted by molar-refractivity contribution is 0.536. The van der Waals surface area contributed by atoms with Crippen molar-refractivity contribution in [3.63, 3.8) is 0 Å². The lowest BCUT2D eigenvalue weighted by Gasteiger charge is -2.14. The van der Waals surface area contributed by atoms with Crippen molar-refractivity contribution in [1.29, 1.82) is 0 Å². The maximum Gasteiger partial charge on any atom is 0.123 e. The van der Waals surface area contributed by atoms with Crippen molar-refractivity contribution < 1.29 is 4.39 Å². The van der Waals surface area contributed by atoms with Gasteiger partial charge in [0, 0.05) is 6.04 Å². The van der Waals surface area contributed by atoms with E-state index in [1.54, 1.807) is 0 Å². The van der Waals surface area contributed by atoms with Gasteiger partial charge in [0.1, 0.15) is 5.82 Å². The van der Waals surface area contributed by atoms with Crippen LogP contribution in [0.25, 0.3) is 0 Å². The van der Waals surface area contributed by atoms with E-state index in [0.29, 0.717) is 6.04 Å². The Labute approximate surface area is 115 Å². The highest BCUT2D eigenvalue weighted by atomic mass is 32.2. The molecule has 0 heterocycles. The van der Waals surface area contributed by atoms with E-state index in [2.05, 4.69) is 18.5 Å². The predicted octanol–water partition coefficient (Wildman–Crippen LogP) is 4.40. The highest BCUT2D eigenvalue weighted by Crippen LogP contribution is 2.13. The van der Waals surface area contributed by atoms with Gasteiger partial charge in [-0.05, 0) is 56.0 Å². The van der Waals surface area contributed by atoms with Crippen LogP contribution in [0.3, 0.4) is 0 Å². The van der Waals surface area contributed by atoms with Gasteiger partial charge in [0.05, 0.1) is 0 Å². The second-order valence-corrected chi connectivity index (χ2v) is 5.62. The standard InChI is InChI=1S/C15H24FNS/c1-13(14-7-9-15(16)10-8-14)17-11-5-3-4-6-12-18-2/h7-10,13,17H,3-6,11-12H2,1-2H3. The van der Waals surface area contributed by atoms with Crippen LogP contribution >= 0.6 is 11.8 Å². The average molecular weight is 269 g/mol. The molecule has 0 saturated heterocycles. The van der Waals surface area contributed by atoms with Crippen LogP contribution in [-0.4, -0.2) is 18.6 Å². The summed E-state index contributed by atoms with van der Waals surface area (Å²) in [6, 6.07) is 7.06. The average Bonchev–Trinajstić information content (AvgIpc) is 2.38. The molecule has 1 unspecified atom stereocenters. The lowest BCUT2D eigenvalue weighted by atomic mass is 10.1. The van der Waals surface area contributed by atoms with Crippen molar-refractivity contribution in [2.45, 2.75) is 38.6 Å². The fraction of sp³-hybridized carbons (Fsp3) is 0.600. The van der Waals surface area contributed by atoms with Gasteiger partial charge in [-0.25, -0.2) is 4.39 Å². The molecule has 1 aromatic carbocycles. The number of halogens is 1. The zero-order valence-corrected chi connectivity index (χ0v) is 12.2. The van der Waals surface area contributed by atoms with E-state index in [1.165, 1.54) is 43.6 Å². The van der Waals surface area contributed by atoms with Gasteiger partial charge in [-0.1, -0.05) is 25.0 Å². The first-order valence-corrected chi connectivity index (χ1v) is 8.11. The Hall–Kier alpha value is -0.540. The molecule has 0 aliphatic heterocycles. The molecule has 0 aliphatic rings. The fourth-order valence-corrected chi connectivity index (χ4v) is 2.41. The van der Waals surface area contributed by atoms with Gasteiger partial charge in [-0.2, -0.15) is 11.8 Å². The van der Waals surface area contributed by atoms with Crippen molar-refractivity contribution in [3.05, 3.63) is 35.6 Å². The second-order valence-electron chi connectivity index (χ2n) is 4.63. The van der Waals surface area contributed by atoms with Crippen LogP contribution in [0.5, 0.6) is 0 Å². The van der Waals surface area contributed by atoms with Crippen molar-refractivity contribution in [3.8, 4) is 0 Å². The number of hydrogen-bond donors (Lipinski definition) is 1. The number of hydrogen-bond acceptors (Lipinski definition) is 2. The van der Waals surface area contributed by atoms with Crippen molar-refractivity contribution in [2.75, 3.05) is 18.6 Å². The minimum absolute atomic E-state index is 0.167. The molecule has 0 saturated carbocycles. The molecule has 102 valence electrons. The van der Waals surface area contributed by atoms with Gasteiger partial charge in [0.2, 0.25) is 0 Å². The van der Waals surface area contributed by atoms with Crippen LogP contribution in [0.15, 0.2) is 24.3 Å². The topological polar surface area (TPSA) is 12.0 Å². The Balaban J connectivity index is 2.10. The molecule has 0 fully saturated rings. The summed E-state index contributed by atoms with van der Waals surface area (Å²) in [6.07, 6.45) is 7.33. The van der Waals surface area contributed by atoms with E-state index < -0.39 is 0 Å². The van der Waals surface area contributed by atoms with Crippen LogP contribution in [0, 0.1) is 5.82 Å². The highest BCUT2D eigenvalue weighted by Gasteiger charge is 2.03. The monoisotopic (exact) mass is 269 g/mol. The van der Waals surface area contributed by atoms with Crippen LogP contribution in [0.2, 0.25) is 0 Å². The van der Waals surface area contributed by atoms with Crippen molar-refractivity contribution in [2.24, 2.45) is 0 Å². The minimum atomic E-state index is -0.167. The third-order valence-corrected chi connectivity index (χ3v) is 3.79. The van der Waals surface area contributed by atoms with Gasteiger partial charge in [-0.3, -0.25) is 0 Å². The molecule has 18 heavy (non-hydrogen) atoms. The lowest BCUT2D eigenvalue weighted by Crippen LogP contribution is -2.19. The summed E-state index contributed by atoms with van der Waals surface area (Å²) in [5, 5.41) is 3.48. The molecule has 0 aromatic heterocycles. The zero-order valence-electron chi connectivity index (χ0n) is 11.4. The molecular formula is C15H24FNS. The molecule has 1 aromatic rings. The Bertz CT molecular complexity index is 313. The Morgan fingerprint density at radius 1 is 1.11 bits per heavy atom. The summed E-state index contributed by atoms with van der Waals surface area (Å²) in [4.78, 5) is 0. The van der Waals surface area contributed by atoms with Gasteiger partial charge < -0.3 is 5.32 Å². The number of benzene rings is 1.